The van der Waals surface area contributed by atoms with Gasteiger partial charge in [-0.1, -0.05) is 0 Å². The molecule has 84 valence electrons. The molecule has 0 fully saturated rings. The molecule has 2 aromatic carbocycles. The summed E-state index contributed by atoms with van der Waals surface area (Å²) in [6.45, 7) is 0. The lowest BCUT2D eigenvalue weighted by atomic mass is 10.2. The molecule has 0 amide bonds. The molecule has 2 aromatic rings. The van der Waals surface area contributed by atoms with Crippen LogP contribution in [0.25, 0.3) is 4.98 Å². The van der Waals surface area contributed by atoms with E-state index in [1.165, 1.54) is 0 Å². The Morgan fingerprint density at radius 3 is 1.78 bits per heavy atom. The van der Waals surface area contributed by atoms with Crippen LogP contribution in [0.3, 0.4) is 0 Å². The van der Waals surface area contributed by atoms with Gasteiger partial charge in [-0.3, -0.25) is 0 Å². The number of benzene rings is 2. The molecule has 0 radical (unpaired) electrons. The first kappa shape index (κ1) is 11.4. The van der Waals surface area contributed by atoms with Crippen LogP contribution < -0.4 is 0 Å². The van der Waals surface area contributed by atoms with Gasteiger partial charge in [-0.05, 0) is 36.4 Å². The molecule has 0 spiro atoms. The summed E-state index contributed by atoms with van der Waals surface area (Å²) in [5.74, 6) is 0. The summed E-state index contributed by atoms with van der Waals surface area (Å²) < 4.78 is 0. The van der Waals surface area contributed by atoms with E-state index in [1.54, 1.807) is 48.5 Å². The molecule has 0 N–H and O–H groups in total. The summed E-state index contributed by atoms with van der Waals surface area (Å²) in [5.41, 5.74) is 2.38. The fraction of sp³-hybridized carbons (Fsp3) is 0. The number of hydrogen-bond donors (Lipinski definition) is 0. The van der Waals surface area contributed by atoms with E-state index >= 15 is 0 Å². The van der Waals surface area contributed by atoms with Gasteiger partial charge in [0.1, 0.15) is 0 Å². The van der Waals surface area contributed by atoms with Gasteiger partial charge in [-0.25, -0.2) is 0 Å². The third-order valence-electron chi connectivity index (χ3n) is 2.24. The molecule has 0 aliphatic rings. The van der Waals surface area contributed by atoms with Crippen molar-refractivity contribution >= 4 is 17.1 Å². The Hall–Kier alpha value is -3.05. The van der Waals surface area contributed by atoms with Crippen LogP contribution >= 0.6 is 0 Å². The number of hydrogen-bond acceptors (Lipinski definition) is 4. The summed E-state index contributed by atoms with van der Waals surface area (Å²) in [7, 11) is 0. The second-order valence-corrected chi connectivity index (χ2v) is 3.48. The number of diazo groups is 1. The Bertz CT molecular complexity index is 582. The number of rotatable bonds is 2. The molecule has 18 heavy (non-hydrogen) atoms. The van der Waals surface area contributed by atoms with Gasteiger partial charge in [0.05, 0.1) is 23.0 Å². The van der Waals surface area contributed by atoms with Gasteiger partial charge in [-0.2, -0.15) is 15.5 Å². The van der Waals surface area contributed by atoms with Gasteiger partial charge >= 0.3 is 5.69 Å². The molecule has 0 bridgehead atoms. The van der Waals surface area contributed by atoms with Crippen LogP contribution in [0, 0.1) is 16.7 Å². The van der Waals surface area contributed by atoms with Crippen molar-refractivity contribution in [2.75, 3.05) is 0 Å². The standard InChI is InChI=1S/C13H8N5/c14-9-10-1-3-12(4-2-10)17-18-13-7-5-11(16-15)6-8-13/h1-8H/q+1. The monoisotopic (exact) mass is 234 g/mol. The van der Waals surface area contributed by atoms with E-state index in [1.807, 2.05) is 6.07 Å². The maximum atomic E-state index is 8.65. The lowest BCUT2D eigenvalue weighted by Crippen LogP contribution is -1.70. The Labute approximate surface area is 104 Å². The molecule has 0 aliphatic heterocycles. The van der Waals surface area contributed by atoms with Gasteiger partial charge in [-0.15, -0.1) is 0 Å². The van der Waals surface area contributed by atoms with E-state index < -0.39 is 0 Å². The van der Waals surface area contributed by atoms with Crippen LogP contribution in [0.2, 0.25) is 0 Å². The Kier molecular flexibility index (Phi) is 3.39. The molecular formula is C13H8N5+. The Morgan fingerprint density at radius 2 is 1.33 bits per heavy atom. The Balaban J connectivity index is 2.14. The van der Waals surface area contributed by atoms with E-state index in [0.717, 1.165) is 0 Å². The highest BCUT2D eigenvalue weighted by Crippen LogP contribution is 2.21. The summed E-state index contributed by atoms with van der Waals surface area (Å²) >= 11 is 0. The minimum atomic E-state index is 0.465. The van der Waals surface area contributed by atoms with Gasteiger partial charge in [0.2, 0.25) is 5.39 Å². The molecule has 0 saturated heterocycles. The summed E-state index contributed by atoms with van der Waals surface area (Å²) in [6.07, 6.45) is 0. The fourth-order valence-corrected chi connectivity index (χ4v) is 1.30. The van der Waals surface area contributed by atoms with Crippen molar-refractivity contribution in [1.82, 2.24) is 0 Å². The first-order valence-electron chi connectivity index (χ1n) is 5.19. The molecule has 5 nitrogen and oxygen atoms in total. The smallest absolute Gasteiger partial charge is 0.192 e. The zero-order valence-corrected chi connectivity index (χ0v) is 9.35. The van der Waals surface area contributed by atoms with Crippen molar-refractivity contribution in [3.63, 3.8) is 0 Å². The molecule has 5 heteroatoms. The van der Waals surface area contributed by atoms with Crippen molar-refractivity contribution in [1.29, 1.82) is 10.7 Å². The molecule has 0 saturated carbocycles. The van der Waals surface area contributed by atoms with Crippen molar-refractivity contribution < 1.29 is 0 Å². The van der Waals surface area contributed by atoms with Crippen LogP contribution in [0.4, 0.5) is 17.1 Å². The lowest BCUT2D eigenvalue weighted by molar-refractivity contribution is 1.23. The van der Waals surface area contributed by atoms with Crippen molar-refractivity contribution in [3.05, 3.63) is 59.1 Å². The van der Waals surface area contributed by atoms with Gasteiger partial charge in [0.15, 0.2) is 4.98 Å². The van der Waals surface area contributed by atoms with Gasteiger partial charge in [0.25, 0.3) is 0 Å². The van der Waals surface area contributed by atoms with Crippen LogP contribution in [-0.2, 0) is 0 Å². The first-order valence-corrected chi connectivity index (χ1v) is 5.19. The largest absolute Gasteiger partial charge is 0.385 e. The fourth-order valence-electron chi connectivity index (χ4n) is 1.30. The highest BCUT2D eigenvalue weighted by Gasteiger charge is 2.01. The maximum Gasteiger partial charge on any atom is 0.385 e. The van der Waals surface area contributed by atoms with Gasteiger partial charge < -0.3 is 0 Å². The Morgan fingerprint density at radius 1 is 0.833 bits per heavy atom. The van der Waals surface area contributed by atoms with Crippen LogP contribution in [0.1, 0.15) is 5.56 Å². The van der Waals surface area contributed by atoms with Crippen LogP contribution in [-0.4, -0.2) is 0 Å². The molecule has 0 heterocycles. The normalized spacial score (nSPS) is 9.89. The second kappa shape index (κ2) is 5.33. The third-order valence-corrected chi connectivity index (χ3v) is 2.24. The van der Waals surface area contributed by atoms with Gasteiger partial charge in [0, 0.05) is 12.1 Å². The molecular weight excluding hydrogens is 226 g/mol. The number of nitriles is 1. The summed E-state index contributed by atoms with van der Waals surface area (Å²) in [5, 5.41) is 25.2. The summed E-state index contributed by atoms with van der Waals surface area (Å²) in [4.78, 5) is 3.05. The molecule has 0 aromatic heterocycles. The quantitative estimate of drug-likeness (QED) is 0.568. The zero-order valence-electron chi connectivity index (χ0n) is 9.35. The number of nitrogens with zero attached hydrogens (tertiary/aromatic N) is 5. The molecule has 0 aliphatic carbocycles. The average Bonchev–Trinajstić information content (AvgIpc) is 2.46. The van der Waals surface area contributed by atoms with E-state index in [-0.39, 0.29) is 0 Å². The molecule has 0 unspecified atom stereocenters. The molecule has 2 rings (SSSR count). The van der Waals surface area contributed by atoms with Crippen LogP contribution in [0.15, 0.2) is 58.8 Å². The predicted molar refractivity (Wildman–Crippen MR) is 66.5 cm³/mol. The number of azo groups is 1. The van der Waals surface area contributed by atoms with Crippen molar-refractivity contribution in [2.24, 2.45) is 10.2 Å². The van der Waals surface area contributed by atoms with E-state index in [4.69, 9.17) is 10.7 Å². The van der Waals surface area contributed by atoms with Crippen LogP contribution in [0.5, 0.6) is 0 Å². The maximum absolute atomic E-state index is 8.65. The minimum Gasteiger partial charge on any atom is -0.192 e. The van der Waals surface area contributed by atoms with E-state index in [2.05, 4.69) is 15.2 Å². The minimum absolute atomic E-state index is 0.465. The van der Waals surface area contributed by atoms with E-state index in [0.29, 0.717) is 22.6 Å². The summed E-state index contributed by atoms with van der Waals surface area (Å²) in [6, 6.07) is 15.5. The topological polar surface area (TPSA) is 76.7 Å². The third kappa shape index (κ3) is 2.75. The van der Waals surface area contributed by atoms with Crippen molar-refractivity contribution in [3.8, 4) is 6.07 Å². The zero-order chi connectivity index (χ0) is 12.8. The lowest BCUT2D eigenvalue weighted by Gasteiger charge is -1.92. The SMILES string of the molecule is N#Cc1ccc(N=Nc2ccc([N+]#N)cc2)cc1. The second-order valence-electron chi connectivity index (χ2n) is 3.48. The predicted octanol–water partition coefficient (Wildman–Crippen LogP) is 4.46. The van der Waals surface area contributed by atoms with E-state index in [9.17, 15) is 0 Å². The van der Waals surface area contributed by atoms with Crippen molar-refractivity contribution in [2.45, 2.75) is 0 Å². The average molecular weight is 234 g/mol. The highest BCUT2D eigenvalue weighted by atomic mass is 15.1. The first-order chi connectivity index (χ1) is 8.81. The highest BCUT2D eigenvalue weighted by molar-refractivity contribution is 5.51. The molecule has 0 atom stereocenters.